The van der Waals surface area contributed by atoms with Crippen LogP contribution in [-0.4, -0.2) is 5.11 Å². The monoisotopic (exact) mass is 364 g/mol. The zero-order chi connectivity index (χ0) is 19.0. The van der Waals surface area contributed by atoms with Crippen molar-refractivity contribution in [1.29, 1.82) is 0 Å². The van der Waals surface area contributed by atoms with E-state index >= 15 is 0 Å². The van der Waals surface area contributed by atoms with Crippen molar-refractivity contribution < 1.29 is 5.11 Å². The van der Waals surface area contributed by atoms with Crippen LogP contribution in [0.3, 0.4) is 0 Å². The van der Waals surface area contributed by atoms with E-state index < -0.39 is 0 Å². The minimum atomic E-state index is -0.0639. The maximum atomic E-state index is 10.8. The van der Waals surface area contributed by atoms with Gasteiger partial charge in [-0.15, -0.1) is 0 Å². The van der Waals surface area contributed by atoms with Crippen molar-refractivity contribution >= 4 is 11.6 Å². The molecule has 2 heteroatoms. The Morgan fingerprint density at radius 1 is 0.654 bits per heavy atom. The van der Waals surface area contributed by atoms with E-state index in [1.807, 2.05) is 13.0 Å². The highest BCUT2D eigenvalue weighted by molar-refractivity contribution is 6.30. The van der Waals surface area contributed by atoms with Gasteiger partial charge in [-0.25, -0.2) is 0 Å². The first kappa shape index (κ1) is 18.5. The lowest BCUT2D eigenvalue weighted by Gasteiger charge is -2.23. The summed E-state index contributed by atoms with van der Waals surface area (Å²) in [5.74, 6) is 0.252. The first-order chi connectivity index (χ1) is 12.3. The second-order valence-corrected chi connectivity index (χ2v) is 7.72. The molecule has 3 rings (SSSR count). The molecule has 1 nitrogen and oxygen atoms in total. The van der Waals surface area contributed by atoms with Crippen LogP contribution in [-0.2, 0) is 0 Å². The van der Waals surface area contributed by atoms with Gasteiger partial charge in [0, 0.05) is 16.5 Å². The smallest absolute Gasteiger partial charge is 0.122 e. The van der Waals surface area contributed by atoms with Gasteiger partial charge in [0.15, 0.2) is 0 Å². The molecule has 1 N–H and O–H groups in total. The van der Waals surface area contributed by atoms with Crippen LogP contribution in [0.15, 0.2) is 48.5 Å². The fourth-order valence-corrected chi connectivity index (χ4v) is 3.70. The second-order valence-electron chi connectivity index (χ2n) is 7.28. The number of phenolic OH excluding ortho intramolecular Hbond substituents is 1. The summed E-state index contributed by atoms with van der Waals surface area (Å²) in [4.78, 5) is 0. The zero-order valence-corrected chi connectivity index (χ0v) is 16.8. The normalized spacial score (nSPS) is 11.2. The lowest BCUT2D eigenvalue weighted by atomic mass is 9.82. The van der Waals surface area contributed by atoms with E-state index in [0.717, 1.165) is 22.3 Å². The number of rotatable bonds is 3. The Morgan fingerprint density at radius 3 is 1.62 bits per heavy atom. The van der Waals surface area contributed by atoms with Crippen LogP contribution in [0, 0.1) is 34.6 Å². The van der Waals surface area contributed by atoms with Gasteiger partial charge in [-0.3, -0.25) is 0 Å². The van der Waals surface area contributed by atoms with E-state index in [2.05, 4.69) is 64.1 Å². The molecule has 0 saturated carbocycles. The van der Waals surface area contributed by atoms with E-state index in [0.29, 0.717) is 10.8 Å². The van der Waals surface area contributed by atoms with Gasteiger partial charge in [0.1, 0.15) is 5.75 Å². The second kappa shape index (κ2) is 7.17. The molecule has 3 aromatic carbocycles. The zero-order valence-electron chi connectivity index (χ0n) is 16.0. The third kappa shape index (κ3) is 3.50. The third-order valence-corrected chi connectivity index (χ3v) is 5.55. The summed E-state index contributed by atoms with van der Waals surface area (Å²) in [6.45, 7) is 10.4. The summed E-state index contributed by atoms with van der Waals surface area (Å²) >= 11 is 6.34. The molecule has 0 bridgehead atoms. The maximum Gasteiger partial charge on any atom is 0.122 e. The summed E-state index contributed by atoms with van der Waals surface area (Å²) in [5.41, 5.74) is 8.98. The van der Waals surface area contributed by atoms with Gasteiger partial charge >= 0.3 is 0 Å². The van der Waals surface area contributed by atoms with Gasteiger partial charge in [-0.05, 0) is 85.7 Å². The SMILES string of the molecule is Cc1ccc(C(c2ccc(C)c(C)c2)c2cc(Cl)cc(C)c2O)cc1C. The van der Waals surface area contributed by atoms with Crippen molar-refractivity contribution in [3.63, 3.8) is 0 Å². The first-order valence-corrected chi connectivity index (χ1v) is 9.29. The van der Waals surface area contributed by atoms with Crippen LogP contribution in [0.2, 0.25) is 5.02 Å². The van der Waals surface area contributed by atoms with Gasteiger partial charge in [0.05, 0.1) is 0 Å². The molecule has 26 heavy (non-hydrogen) atoms. The summed E-state index contributed by atoms with van der Waals surface area (Å²) in [6, 6.07) is 16.7. The summed E-state index contributed by atoms with van der Waals surface area (Å²) in [5, 5.41) is 11.5. The quantitative estimate of drug-likeness (QED) is 0.508. The molecule has 0 heterocycles. The molecular formula is C24H25ClO. The topological polar surface area (TPSA) is 20.2 Å². The Hall–Kier alpha value is -2.25. The van der Waals surface area contributed by atoms with E-state index in [1.54, 1.807) is 6.07 Å². The maximum absolute atomic E-state index is 10.8. The fraction of sp³-hybridized carbons (Fsp3) is 0.250. The Morgan fingerprint density at radius 2 is 1.15 bits per heavy atom. The fourth-order valence-electron chi connectivity index (χ4n) is 3.42. The average Bonchev–Trinajstić information content (AvgIpc) is 2.58. The number of hydrogen-bond donors (Lipinski definition) is 1. The highest BCUT2D eigenvalue weighted by atomic mass is 35.5. The molecule has 0 atom stereocenters. The molecule has 0 saturated heterocycles. The van der Waals surface area contributed by atoms with Crippen LogP contribution >= 0.6 is 11.6 Å². The molecule has 0 amide bonds. The van der Waals surface area contributed by atoms with Crippen LogP contribution in [0.1, 0.15) is 50.4 Å². The van der Waals surface area contributed by atoms with Crippen LogP contribution < -0.4 is 0 Å². The molecule has 0 aliphatic carbocycles. The Kier molecular flexibility index (Phi) is 5.11. The summed E-state index contributed by atoms with van der Waals surface area (Å²) < 4.78 is 0. The minimum absolute atomic E-state index is 0.0639. The molecule has 0 aliphatic rings. The highest BCUT2D eigenvalue weighted by Crippen LogP contribution is 2.40. The Balaban J connectivity index is 2.29. The van der Waals surface area contributed by atoms with Gasteiger partial charge in [0.25, 0.3) is 0 Å². The summed E-state index contributed by atoms with van der Waals surface area (Å²) in [7, 11) is 0. The first-order valence-electron chi connectivity index (χ1n) is 8.91. The number of phenols is 1. The number of hydrogen-bond acceptors (Lipinski definition) is 1. The van der Waals surface area contributed by atoms with Crippen molar-refractivity contribution in [2.24, 2.45) is 0 Å². The van der Waals surface area contributed by atoms with Gasteiger partial charge in [0.2, 0.25) is 0 Å². The molecule has 0 radical (unpaired) electrons. The molecule has 0 aromatic heterocycles. The minimum Gasteiger partial charge on any atom is -0.507 e. The summed E-state index contributed by atoms with van der Waals surface area (Å²) in [6.07, 6.45) is 0. The molecule has 134 valence electrons. The van der Waals surface area contributed by atoms with Gasteiger partial charge in [-0.1, -0.05) is 48.0 Å². The van der Waals surface area contributed by atoms with Crippen molar-refractivity contribution in [2.75, 3.05) is 0 Å². The van der Waals surface area contributed by atoms with E-state index in [4.69, 9.17) is 11.6 Å². The Bertz CT molecular complexity index is 921. The van der Waals surface area contributed by atoms with Crippen LogP contribution in [0.4, 0.5) is 0 Å². The Labute approximate surface area is 161 Å². The van der Waals surface area contributed by atoms with Crippen molar-refractivity contribution in [3.8, 4) is 5.75 Å². The van der Waals surface area contributed by atoms with Gasteiger partial charge in [-0.2, -0.15) is 0 Å². The van der Waals surface area contributed by atoms with Crippen LogP contribution in [0.5, 0.6) is 5.75 Å². The molecule has 0 fully saturated rings. The lowest BCUT2D eigenvalue weighted by Crippen LogP contribution is -2.06. The number of aryl methyl sites for hydroxylation is 5. The number of aromatic hydroxyl groups is 1. The molecule has 0 spiro atoms. The number of halogens is 1. The number of benzene rings is 3. The predicted molar refractivity (Wildman–Crippen MR) is 111 cm³/mol. The predicted octanol–water partition coefficient (Wildman–Crippen LogP) is 6.77. The third-order valence-electron chi connectivity index (χ3n) is 5.33. The van der Waals surface area contributed by atoms with Crippen molar-refractivity contribution in [1.82, 2.24) is 0 Å². The average molecular weight is 365 g/mol. The van der Waals surface area contributed by atoms with E-state index in [-0.39, 0.29) is 5.92 Å². The highest BCUT2D eigenvalue weighted by Gasteiger charge is 2.22. The van der Waals surface area contributed by atoms with Crippen LogP contribution in [0.25, 0.3) is 0 Å². The van der Waals surface area contributed by atoms with E-state index in [9.17, 15) is 5.11 Å². The van der Waals surface area contributed by atoms with Crippen molar-refractivity contribution in [3.05, 3.63) is 98.1 Å². The molecule has 0 aliphatic heterocycles. The lowest BCUT2D eigenvalue weighted by molar-refractivity contribution is 0.463. The standard InChI is InChI=1S/C24H25ClO/c1-14-6-8-19(10-16(14)3)23(20-9-7-15(2)17(4)11-20)22-13-21(25)12-18(5)24(22)26/h6-13,23,26H,1-5H3. The van der Waals surface area contributed by atoms with Gasteiger partial charge < -0.3 is 5.11 Å². The largest absolute Gasteiger partial charge is 0.507 e. The van der Waals surface area contributed by atoms with Crippen molar-refractivity contribution in [2.45, 2.75) is 40.5 Å². The molecular weight excluding hydrogens is 340 g/mol. The molecule has 3 aromatic rings. The van der Waals surface area contributed by atoms with E-state index in [1.165, 1.54) is 22.3 Å². The molecule has 0 unspecified atom stereocenters.